The van der Waals surface area contributed by atoms with Gasteiger partial charge in [-0.05, 0) is 55.5 Å². The fourth-order valence-corrected chi connectivity index (χ4v) is 6.21. The molecule has 1 atom stereocenters. The van der Waals surface area contributed by atoms with E-state index >= 15 is 0 Å². The van der Waals surface area contributed by atoms with Crippen molar-refractivity contribution >= 4 is 38.4 Å². The van der Waals surface area contributed by atoms with Gasteiger partial charge in [-0.3, -0.25) is 23.6 Å². The Balaban J connectivity index is 1.33. The molecule has 1 aliphatic rings. The number of benzene rings is 2. The highest BCUT2D eigenvalue weighted by atomic mass is 32.2. The Bertz CT molecular complexity index is 2400. The van der Waals surface area contributed by atoms with Gasteiger partial charge in [0.05, 0.1) is 28.9 Å². The molecule has 0 aliphatic carbocycles. The van der Waals surface area contributed by atoms with Crippen LogP contribution in [0, 0.1) is 11.8 Å². The molecule has 0 spiro atoms. The summed E-state index contributed by atoms with van der Waals surface area (Å²) in [5.41, 5.74) is 3.29. The summed E-state index contributed by atoms with van der Waals surface area (Å²) in [5.74, 6) is 5.48. The molecular formula is C32H27N9O4S. The summed E-state index contributed by atoms with van der Waals surface area (Å²) in [6.45, 7) is 2.61. The van der Waals surface area contributed by atoms with Crippen molar-refractivity contribution in [2.24, 2.45) is 5.14 Å². The highest BCUT2D eigenvalue weighted by molar-refractivity contribution is 7.90. The molecule has 1 unspecified atom stereocenters. The third-order valence-electron chi connectivity index (χ3n) is 7.81. The van der Waals surface area contributed by atoms with Crippen LogP contribution in [0.4, 0.5) is 5.82 Å². The minimum absolute atomic E-state index is 0.115. The number of carbonyl (C=O) groups excluding carboxylic acids is 1. The SMILES string of the molecule is CC(NC(=O)c1c(NS(N)(=O)=O)nn2cccnc12)c1cc2cccc(C#Cc3cnn4c3CCC4)c2c(=O)n1-c1ccccc1. The standard InChI is InChI=1S/C32H27N9O4S/c1-20(36-31(42)28-29(38-46(33,44)45)37-40-17-7-15-34-30(28)40)26-18-22-9-5-8-21(13-14-23-19-35-39-16-6-12-25(23)39)27(22)32(43)41(26)24-10-3-2-4-11-24/h2-5,7-11,15,17-20H,6,12,16H2,1H3,(H,36,42)(H,37,38)(H2,33,44,45). The van der Waals surface area contributed by atoms with Crippen molar-refractivity contribution in [1.82, 2.24) is 34.3 Å². The second kappa shape index (κ2) is 11.3. The smallest absolute Gasteiger partial charge is 0.297 e. The number of carbonyl (C=O) groups is 1. The number of nitrogens with two attached hydrogens (primary N) is 1. The van der Waals surface area contributed by atoms with E-state index in [9.17, 15) is 18.0 Å². The van der Waals surface area contributed by atoms with E-state index in [1.54, 1.807) is 35.9 Å². The zero-order valence-electron chi connectivity index (χ0n) is 24.5. The molecule has 4 aromatic heterocycles. The van der Waals surface area contributed by atoms with E-state index in [2.05, 4.69) is 37.1 Å². The van der Waals surface area contributed by atoms with Gasteiger partial charge in [0.15, 0.2) is 11.5 Å². The van der Waals surface area contributed by atoms with Gasteiger partial charge in [0.1, 0.15) is 5.56 Å². The van der Waals surface area contributed by atoms with E-state index in [1.165, 1.54) is 16.9 Å². The van der Waals surface area contributed by atoms with Gasteiger partial charge < -0.3 is 5.32 Å². The number of aryl methyl sites for hydroxylation is 1. The van der Waals surface area contributed by atoms with E-state index in [4.69, 9.17) is 5.14 Å². The van der Waals surface area contributed by atoms with Gasteiger partial charge in [0.25, 0.3) is 21.7 Å². The molecule has 0 saturated heterocycles. The lowest BCUT2D eigenvalue weighted by atomic mass is 10.0. The molecule has 46 heavy (non-hydrogen) atoms. The van der Waals surface area contributed by atoms with Crippen LogP contribution in [0.15, 0.2) is 84.0 Å². The van der Waals surface area contributed by atoms with E-state index in [-0.39, 0.29) is 22.6 Å². The van der Waals surface area contributed by atoms with Crippen molar-refractivity contribution < 1.29 is 13.2 Å². The number of nitrogens with zero attached hydrogens (tertiary/aromatic N) is 6. The zero-order valence-corrected chi connectivity index (χ0v) is 25.3. The summed E-state index contributed by atoms with van der Waals surface area (Å²) in [5, 5.41) is 17.7. The number of amides is 1. The van der Waals surface area contributed by atoms with Gasteiger partial charge >= 0.3 is 0 Å². The highest BCUT2D eigenvalue weighted by Gasteiger charge is 2.26. The molecule has 1 amide bonds. The lowest BCUT2D eigenvalue weighted by Crippen LogP contribution is -2.33. The fourth-order valence-electron chi connectivity index (χ4n) is 5.80. The molecule has 230 valence electrons. The summed E-state index contributed by atoms with van der Waals surface area (Å²) in [7, 11) is -4.26. The van der Waals surface area contributed by atoms with E-state index in [0.717, 1.165) is 30.6 Å². The van der Waals surface area contributed by atoms with Crippen molar-refractivity contribution in [2.45, 2.75) is 32.4 Å². The van der Waals surface area contributed by atoms with Crippen LogP contribution in [0.25, 0.3) is 22.1 Å². The molecule has 5 heterocycles. The Morgan fingerprint density at radius 3 is 2.67 bits per heavy atom. The lowest BCUT2D eigenvalue weighted by Gasteiger charge is -2.21. The van der Waals surface area contributed by atoms with Crippen LogP contribution in [0.5, 0.6) is 0 Å². The van der Waals surface area contributed by atoms with Crippen molar-refractivity contribution in [2.75, 3.05) is 4.72 Å². The first-order valence-electron chi connectivity index (χ1n) is 14.4. The molecular weight excluding hydrogens is 606 g/mol. The van der Waals surface area contributed by atoms with E-state index in [1.807, 2.05) is 47.1 Å². The Kier molecular flexibility index (Phi) is 7.11. The first-order valence-corrected chi connectivity index (χ1v) is 16.0. The molecule has 0 fully saturated rings. The van der Waals surface area contributed by atoms with Gasteiger partial charge in [-0.15, -0.1) is 5.10 Å². The first kappa shape index (κ1) is 29.0. The molecule has 4 N–H and O–H groups in total. The third-order valence-corrected chi connectivity index (χ3v) is 8.28. The van der Waals surface area contributed by atoms with Crippen LogP contribution in [0.3, 0.4) is 0 Å². The van der Waals surface area contributed by atoms with Crippen LogP contribution >= 0.6 is 0 Å². The Morgan fingerprint density at radius 2 is 1.87 bits per heavy atom. The fraction of sp³-hybridized carbons (Fsp3) is 0.156. The average molecular weight is 634 g/mol. The number of hydrogen-bond donors (Lipinski definition) is 3. The number of rotatable bonds is 6. The number of aromatic nitrogens is 6. The second-order valence-electron chi connectivity index (χ2n) is 10.9. The Hall–Kier alpha value is -5.78. The number of pyridine rings is 1. The molecule has 13 nitrogen and oxygen atoms in total. The number of hydrogen-bond acceptors (Lipinski definition) is 7. The number of fused-ring (bicyclic) bond motifs is 3. The van der Waals surface area contributed by atoms with Crippen molar-refractivity contribution in [3.05, 3.63) is 118 Å². The average Bonchev–Trinajstić information content (AvgIpc) is 3.74. The van der Waals surface area contributed by atoms with E-state index in [0.29, 0.717) is 27.7 Å². The summed E-state index contributed by atoms with van der Waals surface area (Å²) in [6, 6.07) is 17.3. The van der Waals surface area contributed by atoms with Crippen molar-refractivity contribution in [1.29, 1.82) is 0 Å². The monoisotopic (exact) mass is 633 g/mol. The molecule has 7 rings (SSSR count). The van der Waals surface area contributed by atoms with Crippen molar-refractivity contribution in [3.8, 4) is 17.5 Å². The summed E-state index contributed by atoms with van der Waals surface area (Å²) in [6.07, 6.45) is 6.69. The van der Waals surface area contributed by atoms with Gasteiger partial charge in [0.2, 0.25) is 0 Å². The predicted octanol–water partition coefficient (Wildman–Crippen LogP) is 2.68. The number of nitrogens with one attached hydrogen (secondary N) is 2. The normalized spacial score (nSPS) is 13.3. The van der Waals surface area contributed by atoms with Gasteiger partial charge in [-0.1, -0.05) is 42.2 Å². The van der Waals surface area contributed by atoms with Crippen LogP contribution in [0.1, 0.15) is 52.3 Å². The summed E-state index contributed by atoms with van der Waals surface area (Å²) >= 11 is 0. The quantitative estimate of drug-likeness (QED) is 0.237. The van der Waals surface area contributed by atoms with Crippen LogP contribution < -0.4 is 20.7 Å². The third kappa shape index (κ3) is 5.27. The van der Waals surface area contributed by atoms with Crippen LogP contribution in [-0.4, -0.2) is 43.3 Å². The summed E-state index contributed by atoms with van der Waals surface area (Å²) < 4.78 is 30.6. The van der Waals surface area contributed by atoms with Crippen LogP contribution in [0.2, 0.25) is 0 Å². The molecule has 14 heteroatoms. The molecule has 0 radical (unpaired) electrons. The van der Waals surface area contributed by atoms with Gasteiger partial charge in [0, 0.05) is 35.9 Å². The predicted molar refractivity (Wildman–Crippen MR) is 172 cm³/mol. The van der Waals surface area contributed by atoms with Crippen LogP contribution in [-0.2, 0) is 23.2 Å². The van der Waals surface area contributed by atoms with Crippen molar-refractivity contribution in [3.63, 3.8) is 0 Å². The zero-order chi connectivity index (χ0) is 32.0. The Labute approximate surface area is 262 Å². The molecule has 6 aromatic rings. The topological polar surface area (TPSA) is 171 Å². The van der Waals surface area contributed by atoms with Gasteiger partial charge in [-0.2, -0.15) is 13.5 Å². The summed E-state index contributed by atoms with van der Waals surface area (Å²) in [4.78, 5) is 32.3. The largest absolute Gasteiger partial charge is 0.344 e. The maximum Gasteiger partial charge on any atom is 0.297 e. The maximum absolute atomic E-state index is 14.4. The molecule has 0 bridgehead atoms. The Morgan fingerprint density at radius 1 is 1.07 bits per heavy atom. The maximum atomic E-state index is 14.4. The minimum atomic E-state index is -4.26. The van der Waals surface area contributed by atoms with Gasteiger partial charge in [-0.25, -0.2) is 14.6 Å². The lowest BCUT2D eigenvalue weighted by molar-refractivity contribution is 0.0941. The first-order chi connectivity index (χ1) is 22.2. The second-order valence-corrected chi connectivity index (χ2v) is 12.1. The molecule has 1 aliphatic heterocycles. The highest BCUT2D eigenvalue weighted by Crippen LogP contribution is 2.26. The number of para-hydroxylation sites is 1. The minimum Gasteiger partial charge on any atom is -0.344 e. The molecule has 2 aromatic carbocycles. The van der Waals surface area contributed by atoms with E-state index < -0.39 is 22.2 Å². The molecule has 0 saturated carbocycles. The number of anilines is 1.